The molecule has 3 fully saturated rings. The van der Waals surface area contributed by atoms with E-state index in [4.69, 9.17) is 31.0 Å². The van der Waals surface area contributed by atoms with Gasteiger partial charge in [0.05, 0.1) is 41.5 Å². The van der Waals surface area contributed by atoms with E-state index in [1.165, 1.54) is 6.07 Å². The lowest BCUT2D eigenvalue weighted by Crippen LogP contribution is -2.37. The van der Waals surface area contributed by atoms with Gasteiger partial charge in [-0.15, -0.1) is 0 Å². The van der Waals surface area contributed by atoms with E-state index in [1.54, 1.807) is 30.3 Å². The summed E-state index contributed by atoms with van der Waals surface area (Å²) in [6, 6.07) is 15.5. The Morgan fingerprint density at radius 2 is 2.07 bits per heavy atom. The number of piperidine rings is 1. The van der Waals surface area contributed by atoms with E-state index in [1.807, 2.05) is 12.1 Å². The van der Waals surface area contributed by atoms with Gasteiger partial charge in [0.15, 0.2) is 0 Å². The molecule has 3 atom stereocenters. The van der Waals surface area contributed by atoms with Crippen molar-refractivity contribution in [1.82, 2.24) is 19.4 Å². The lowest BCUT2D eigenvalue weighted by atomic mass is 9.91. The SMILES string of the molecule is O=C(O)c1ccc2nc(CN3CC[C@]4(c5cccc(OCc6ccc(Cl)cc6F)n5)C[C@@H]4C3)n(C[C@@H]3CCO3)c2c1. The van der Waals surface area contributed by atoms with Gasteiger partial charge in [0.25, 0.3) is 0 Å². The molecule has 0 amide bonds. The summed E-state index contributed by atoms with van der Waals surface area (Å²) in [5.41, 5.74) is 3.42. The minimum Gasteiger partial charge on any atom is -0.478 e. The van der Waals surface area contributed by atoms with Gasteiger partial charge in [0.1, 0.15) is 18.2 Å². The van der Waals surface area contributed by atoms with E-state index in [-0.39, 0.29) is 23.7 Å². The number of carboxylic acids is 1. The molecule has 4 aromatic rings. The van der Waals surface area contributed by atoms with Gasteiger partial charge in [-0.05, 0) is 68.1 Å². The third-order valence-electron chi connectivity index (χ3n) is 8.83. The average Bonchev–Trinajstić information content (AvgIpc) is 3.58. The zero-order valence-corrected chi connectivity index (χ0v) is 23.2. The second kappa shape index (κ2) is 10.4. The number of carboxylic acid groups (broad SMARTS) is 1. The van der Waals surface area contributed by atoms with Crippen molar-refractivity contribution in [2.75, 3.05) is 19.7 Å². The molecule has 3 aliphatic rings. The monoisotopic (exact) mass is 576 g/mol. The first-order valence-corrected chi connectivity index (χ1v) is 14.4. The van der Waals surface area contributed by atoms with Crippen molar-refractivity contribution in [3.8, 4) is 5.88 Å². The van der Waals surface area contributed by atoms with E-state index < -0.39 is 11.8 Å². The van der Waals surface area contributed by atoms with Gasteiger partial charge in [0, 0.05) is 35.2 Å². The molecule has 7 rings (SSSR count). The van der Waals surface area contributed by atoms with Gasteiger partial charge >= 0.3 is 5.97 Å². The second-order valence-corrected chi connectivity index (χ2v) is 11.8. The molecular formula is C31H30ClFN4O4. The van der Waals surface area contributed by atoms with Crippen molar-refractivity contribution >= 4 is 28.6 Å². The zero-order valence-electron chi connectivity index (χ0n) is 22.4. The number of rotatable bonds is 9. The van der Waals surface area contributed by atoms with Crippen molar-refractivity contribution in [3.63, 3.8) is 0 Å². The molecule has 0 bridgehead atoms. The summed E-state index contributed by atoms with van der Waals surface area (Å²) in [6.07, 6.45) is 3.18. The molecule has 212 valence electrons. The van der Waals surface area contributed by atoms with Crippen LogP contribution in [-0.4, -0.2) is 56.3 Å². The van der Waals surface area contributed by atoms with Crippen LogP contribution in [0.1, 0.15) is 46.7 Å². The molecule has 4 heterocycles. The van der Waals surface area contributed by atoms with Crippen molar-refractivity contribution in [2.24, 2.45) is 5.92 Å². The maximum Gasteiger partial charge on any atom is 0.335 e. The fourth-order valence-electron chi connectivity index (χ4n) is 6.30. The smallest absolute Gasteiger partial charge is 0.335 e. The quantitative estimate of drug-likeness (QED) is 0.283. The van der Waals surface area contributed by atoms with Crippen LogP contribution < -0.4 is 4.74 Å². The number of benzene rings is 2. The molecule has 0 unspecified atom stereocenters. The van der Waals surface area contributed by atoms with Crippen LogP contribution in [0.3, 0.4) is 0 Å². The van der Waals surface area contributed by atoms with Gasteiger partial charge in [0.2, 0.25) is 5.88 Å². The summed E-state index contributed by atoms with van der Waals surface area (Å²) in [6.45, 7) is 4.06. The number of hydrogen-bond acceptors (Lipinski definition) is 6. The van der Waals surface area contributed by atoms with Crippen LogP contribution in [0.2, 0.25) is 5.02 Å². The van der Waals surface area contributed by atoms with Crippen LogP contribution >= 0.6 is 11.6 Å². The number of carbonyl (C=O) groups is 1. The van der Waals surface area contributed by atoms with Crippen molar-refractivity contribution < 1.29 is 23.8 Å². The minimum absolute atomic E-state index is 0.0394. The first-order valence-electron chi connectivity index (χ1n) is 14.0. The summed E-state index contributed by atoms with van der Waals surface area (Å²) in [4.78, 5) is 23.8. The van der Waals surface area contributed by atoms with Gasteiger partial charge in [-0.1, -0.05) is 23.7 Å². The summed E-state index contributed by atoms with van der Waals surface area (Å²) in [5.74, 6) is 0.584. The lowest BCUT2D eigenvalue weighted by Gasteiger charge is -2.32. The van der Waals surface area contributed by atoms with Crippen LogP contribution in [-0.2, 0) is 29.8 Å². The largest absolute Gasteiger partial charge is 0.478 e. The number of hydrogen-bond donors (Lipinski definition) is 1. The molecule has 8 nitrogen and oxygen atoms in total. The first-order chi connectivity index (χ1) is 19.9. The Labute approximate surface area is 241 Å². The lowest BCUT2D eigenvalue weighted by molar-refractivity contribution is -0.0592. The Morgan fingerprint density at radius 3 is 2.83 bits per heavy atom. The Morgan fingerprint density at radius 1 is 1.20 bits per heavy atom. The maximum atomic E-state index is 14.2. The topological polar surface area (TPSA) is 89.7 Å². The Kier molecular flexibility index (Phi) is 6.68. The first kappa shape index (κ1) is 26.4. The number of halogens is 2. The maximum absolute atomic E-state index is 14.2. The number of fused-ring (bicyclic) bond motifs is 2. The molecule has 41 heavy (non-hydrogen) atoms. The highest BCUT2D eigenvalue weighted by Gasteiger charge is 2.58. The number of imidazole rings is 1. The predicted molar refractivity (Wildman–Crippen MR) is 151 cm³/mol. The molecule has 0 radical (unpaired) electrons. The number of ether oxygens (including phenoxy) is 2. The highest BCUT2D eigenvalue weighted by molar-refractivity contribution is 6.30. The third kappa shape index (κ3) is 5.07. The third-order valence-corrected chi connectivity index (χ3v) is 9.06. The fraction of sp³-hybridized carbons (Fsp3) is 0.387. The van der Waals surface area contributed by atoms with Crippen molar-refractivity contribution in [2.45, 2.75) is 50.5 Å². The molecule has 2 saturated heterocycles. The fourth-order valence-corrected chi connectivity index (χ4v) is 6.46. The number of aromatic nitrogens is 3. The Hall–Kier alpha value is -3.53. The molecule has 2 aromatic carbocycles. The van der Waals surface area contributed by atoms with Gasteiger partial charge in [-0.25, -0.2) is 19.2 Å². The molecule has 1 saturated carbocycles. The molecule has 2 aromatic heterocycles. The van der Waals surface area contributed by atoms with Crippen molar-refractivity contribution in [3.05, 3.63) is 88.1 Å². The Bertz CT molecular complexity index is 1640. The van der Waals surface area contributed by atoms with E-state index in [0.29, 0.717) is 35.5 Å². The molecular weight excluding hydrogens is 547 g/mol. The Balaban J connectivity index is 1.05. The summed E-state index contributed by atoms with van der Waals surface area (Å²) in [7, 11) is 0. The predicted octanol–water partition coefficient (Wildman–Crippen LogP) is 5.45. The van der Waals surface area contributed by atoms with E-state index >= 15 is 0 Å². The molecule has 1 aliphatic carbocycles. The standard InChI is InChI=1S/C31H30ClFN4O4/c32-22-6-4-20(24(33)13-22)18-41-29-3-1-2-27(35-29)31-9-10-36(15-21(31)14-31)17-28-34-25-7-5-19(30(38)39)12-26(25)37(28)16-23-8-11-40-23/h1-7,12-13,21,23H,8-11,14-18H2,(H,38,39)/t21-,23+,31+/m1/s1. The summed E-state index contributed by atoms with van der Waals surface area (Å²) >= 11 is 5.86. The number of aromatic carboxylic acids is 1. The van der Waals surface area contributed by atoms with Gasteiger partial charge in [-0.2, -0.15) is 0 Å². The normalized spacial score (nSPS) is 23.7. The number of pyridine rings is 1. The van der Waals surface area contributed by atoms with E-state index in [0.717, 1.165) is 61.5 Å². The van der Waals surface area contributed by atoms with Crippen molar-refractivity contribution in [1.29, 1.82) is 0 Å². The van der Waals surface area contributed by atoms with E-state index in [9.17, 15) is 14.3 Å². The highest BCUT2D eigenvalue weighted by Crippen LogP contribution is 2.59. The number of likely N-dealkylation sites (tertiary alicyclic amines) is 1. The van der Waals surface area contributed by atoms with Gasteiger partial charge < -0.3 is 19.1 Å². The van der Waals surface area contributed by atoms with E-state index in [2.05, 4.69) is 15.5 Å². The average molecular weight is 577 g/mol. The van der Waals surface area contributed by atoms with Crippen LogP contribution in [0.15, 0.2) is 54.6 Å². The molecule has 2 aliphatic heterocycles. The molecule has 1 N–H and O–H groups in total. The van der Waals surface area contributed by atoms with Crippen LogP contribution in [0.5, 0.6) is 5.88 Å². The van der Waals surface area contributed by atoms with Crippen LogP contribution in [0.4, 0.5) is 4.39 Å². The summed E-state index contributed by atoms with van der Waals surface area (Å²) in [5, 5.41) is 9.87. The number of nitrogens with zero attached hydrogens (tertiary/aromatic N) is 4. The van der Waals surface area contributed by atoms with Crippen LogP contribution in [0.25, 0.3) is 11.0 Å². The zero-order chi connectivity index (χ0) is 28.1. The molecule has 10 heteroatoms. The molecule has 0 spiro atoms. The minimum atomic E-state index is -0.942. The highest BCUT2D eigenvalue weighted by atomic mass is 35.5. The van der Waals surface area contributed by atoms with Gasteiger partial charge in [-0.3, -0.25) is 4.90 Å². The van der Waals surface area contributed by atoms with Crippen LogP contribution in [0, 0.1) is 11.7 Å². The second-order valence-electron chi connectivity index (χ2n) is 11.4. The summed E-state index contributed by atoms with van der Waals surface area (Å²) < 4.78 is 27.9.